The third-order valence-corrected chi connectivity index (χ3v) is 3.66. The number of rotatable bonds is 6. The predicted molar refractivity (Wildman–Crippen MR) is 95.4 cm³/mol. The zero-order valence-electron chi connectivity index (χ0n) is 14.4. The molecule has 0 aliphatic carbocycles. The number of amides is 1. The fourth-order valence-corrected chi connectivity index (χ4v) is 2.26. The van der Waals surface area contributed by atoms with E-state index in [4.69, 9.17) is 0 Å². The molecule has 0 heterocycles. The van der Waals surface area contributed by atoms with Crippen LogP contribution in [0.4, 0.5) is 15.8 Å². The summed E-state index contributed by atoms with van der Waals surface area (Å²) >= 11 is 0. The Labute approximate surface area is 146 Å². The minimum Gasteiger partial charge on any atom is -0.465 e. The van der Waals surface area contributed by atoms with Crippen molar-refractivity contribution in [1.82, 2.24) is 0 Å². The number of hydrogen-bond donors (Lipinski definition) is 2. The van der Waals surface area contributed by atoms with E-state index >= 15 is 0 Å². The summed E-state index contributed by atoms with van der Waals surface area (Å²) in [5.41, 5.74) is 2.06. The molecule has 0 unspecified atom stereocenters. The number of hydrogen-bond acceptors (Lipinski definition) is 4. The van der Waals surface area contributed by atoms with Gasteiger partial charge < -0.3 is 15.4 Å². The van der Waals surface area contributed by atoms with Crippen LogP contribution in [0, 0.1) is 5.82 Å². The van der Waals surface area contributed by atoms with Crippen LogP contribution in [0.2, 0.25) is 0 Å². The topological polar surface area (TPSA) is 67.4 Å². The molecule has 5 nitrogen and oxygen atoms in total. The van der Waals surface area contributed by atoms with E-state index in [1.807, 2.05) is 18.2 Å². The van der Waals surface area contributed by atoms with Crippen molar-refractivity contribution in [2.45, 2.75) is 19.8 Å². The summed E-state index contributed by atoms with van der Waals surface area (Å²) in [6.07, 6.45) is 0. The monoisotopic (exact) mass is 344 g/mol. The van der Waals surface area contributed by atoms with E-state index in [0.717, 1.165) is 11.6 Å². The first-order valence-electron chi connectivity index (χ1n) is 7.92. The zero-order valence-corrected chi connectivity index (χ0v) is 14.4. The van der Waals surface area contributed by atoms with Crippen molar-refractivity contribution in [1.29, 1.82) is 0 Å². The van der Waals surface area contributed by atoms with Crippen LogP contribution >= 0.6 is 0 Å². The lowest BCUT2D eigenvalue weighted by Gasteiger charge is -2.11. The molecule has 0 aromatic heterocycles. The highest BCUT2D eigenvalue weighted by Gasteiger charge is 2.11. The summed E-state index contributed by atoms with van der Waals surface area (Å²) in [5.74, 6) is -1.09. The number of esters is 1. The van der Waals surface area contributed by atoms with Gasteiger partial charge in [-0.05, 0) is 41.8 Å². The van der Waals surface area contributed by atoms with Gasteiger partial charge in [0.05, 0.1) is 24.9 Å². The molecule has 2 aromatic carbocycles. The molecule has 0 spiro atoms. The maximum absolute atomic E-state index is 13.8. The quantitative estimate of drug-likeness (QED) is 0.783. The number of anilines is 2. The fourth-order valence-electron chi connectivity index (χ4n) is 2.26. The number of carbonyl (C=O) groups is 2. The molecule has 1 amide bonds. The molecule has 2 rings (SSSR count). The second kappa shape index (κ2) is 8.28. The van der Waals surface area contributed by atoms with Crippen LogP contribution in [0.25, 0.3) is 0 Å². The summed E-state index contributed by atoms with van der Waals surface area (Å²) in [4.78, 5) is 23.6. The fraction of sp³-hybridized carbons (Fsp3) is 0.263. The molecule has 6 heteroatoms. The van der Waals surface area contributed by atoms with Crippen LogP contribution < -0.4 is 10.6 Å². The Morgan fingerprint density at radius 3 is 2.60 bits per heavy atom. The van der Waals surface area contributed by atoms with Crippen LogP contribution in [-0.2, 0) is 9.53 Å². The van der Waals surface area contributed by atoms with Crippen molar-refractivity contribution in [3.8, 4) is 0 Å². The summed E-state index contributed by atoms with van der Waals surface area (Å²) < 4.78 is 18.4. The molecule has 132 valence electrons. The van der Waals surface area contributed by atoms with E-state index in [1.165, 1.54) is 19.2 Å². The zero-order chi connectivity index (χ0) is 18.4. The highest BCUT2D eigenvalue weighted by atomic mass is 19.1. The first-order valence-corrected chi connectivity index (χ1v) is 7.92. The van der Waals surface area contributed by atoms with Gasteiger partial charge in [0.25, 0.3) is 0 Å². The van der Waals surface area contributed by atoms with E-state index in [9.17, 15) is 14.0 Å². The van der Waals surface area contributed by atoms with E-state index in [2.05, 4.69) is 29.2 Å². The Kier molecular flexibility index (Phi) is 6.11. The molecule has 0 aliphatic heterocycles. The van der Waals surface area contributed by atoms with Gasteiger partial charge in [0.2, 0.25) is 5.91 Å². The molecule has 0 atom stereocenters. The lowest BCUT2D eigenvalue weighted by molar-refractivity contribution is -0.114. The molecule has 0 fully saturated rings. The summed E-state index contributed by atoms with van der Waals surface area (Å²) in [5, 5.41) is 5.45. The molecule has 0 aliphatic rings. The summed E-state index contributed by atoms with van der Waals surface area (Å²) in [7, 11) is 1.25. The molecule has 0 bridgehead atoms. The number of nitrogens with one attached hydrogen (secondary N) is 2. The Bertz CT molecular complexity index is 775. The third kappa shape index (κ3) is 5.04. The first kappa shape index (κ1) is 18.4. The highest BCUT2D eigenvalue weighted by Crippen LogP contribution is 2.19. The number of methoxy groups -OCH3 is 1. The van der Waals surface area contributed by atoms with Crippen LogP contribution in [0.15, 0.2) is 42.5 Å². The van der Waals surface area contributed by atoms with Crippen molar-refractivity contribution in [3.63, 3.8) is 0 Å². The molecule has 2 aromatic rings. The molecular formula is C19H21FN2O3. The highest BCUT2D eigenvalue weighted by molar-refractivity contribution is 5.94. The smallest absolute Gasteiger partial charge is 0.337 e. The van der Waals surface area contributed by atoms with Gasteiger partial charge in [0, 0.05) is 5.69 Å². The largest absolute Gasteiger partial charge is 0.465 e. The first-order chi connectivity index (χ1) is 11.9. The van der Waals surface area contributed by atoms with Gasteiger partial charge >= 0.3 is 5.97 Å². The number of benzene rings is 2. The van der Waals surface area contributed by atoms with E-state index in [1.54, 1.807) is 6.07 Å². The number of halogens is 1. The second-order valence-electron chi connectivity index (χ2n) is 5.87. The molecule has 0 radical (unpaired) electrons. The Morgan fingerprint density at radius 1 is 1.16 bits per heavy atom. The number of carbonyl (C=O) groups excluding carboxylic acids is 2. The molecule has 0 saturated heterocycles. The van der Waals surface area contributed by atoms with Crippen LogP contribution in [0.1, 0.15) is 35.7 Å². The van der Waals surface area contributed by atoms with E-state index in [0.29, 0.717) is 11.6 Å². The van der Waals surface area contributed by atoms with Crippen molar-refractivity contribution >= 4 is 23.3 Å². The maximum atomic E-state index is 13.8. The van der Waals surface area contributed by atoms with Gasteiger partial charge in [-0.3, -0.25) is 4.79 Å². The van der Waals surface area contributed by atoms with Gasteiger partial charge in [-0.15, -0.1) is 0 Å². The predicted octanol–water partition coefficient (Wildman–Crippen LogP) is 3.79. The maximum Gasteiger partial charge on any atom is 0.337 e. The molecule has 2 N–H and O–H groups in total. The van der Waals surface area contributed by atoms with Crippen LogP contribution in [-0.4, -0.2) is 25.5 Å². The van der Waals surface area contributed by atoms with Gasteiger partial charge in [-0.25, -0.2) is 9.18 Å². The lowest BCUT2D eigenvalue weighted by atomic mass is 10.0. The summed E-state index contributed by atoms with van der Waals surface area (Å²) in [6.45, 7) is 4.01. The van der Waals surface area contributed by atoms with Gasteiger partial charge in [0.15, 0.2) is 0 Å². The molecule has 0 saturated carbocycles. The average Bonchev–Trinajstić information content (AvgIpc) is 2.60. The van der Waals surface area contributed by atoms with Crippen LogP contribution in [0.3, 0.4) is 0 Å². The molecular weight excluding hydrogens is 323 g/mol. The minimum absolute atomic E-state index is 0.0639. The molecule has 25 heavy (non-hydrogen) atoms. The van der Waals surface area contributed by atoms with Crippen molar-refractivity contribution in [2.75, 3.05) is 24.3 Å². The lowest BCUT2D eigenvalue weighted by Crippen LogP contribution is -2.22. The van der Waals surface area contributed by atoms with E-state index in [-0.39, 0.29) is 23.7 Å². The Hall–Kier alpha value is -2.89. The van der Waals surface area contributed by atoms with Crippen molar-refractivity contribution in [3.05, 3.63) is 59.4 Å². The van der Waals surface area contributed by atoms with Crippen molar-refractivity contribution < 1.29 is 18.7 Å². The van der Waals surface area contributed by atoms with Gasteiger partial charge in [-0.1, -0.05) is 26.0 Å². The van der Waals surface area contributed by atoms with Gasteiger partial charge in [0.1, 0.15) is 5.82 Å². The van der Waals surface area contributed by atoms with Crippen LogP contribution in [0.5, 0.6) is 0 Å². The normalized spacial score (nSPS) is 10.4. The Balaban J connectivity index is 2.00. The van der Waals surface area contributed by atoms with Gasteiger partial charge in [-0.2, -0.15) is 0 Å². The van der Waals surface area contributed by atoms with Crippen molar-refractivity contribution in [2.24, 2.45) is 0 Å². The summed E-state index contributed by atoms with van der Waals surface area (Å²) in [6, 6.07) is 11.4. The SMILES string of the molecule is COC(=O)c1ccc(F)c(NCC(=O)Nc2cccc(C(C)C)c2)c1. The standard InChI is InChI=1S/C19H21FN2O3/c1-12(2)13-5-4-6-15(9-13)22-18(23)11-21-17-10-14(19(24)25-3)7-8-16(17)20/h4-10,12,21H,11H2,1-3H3,(H,22,23). The Morgan fingerprint density at radius 2 is 1.92 bits per heavy atom. The number of ether oxygens (including phenoxy) is 1. The minimum atomic E-state index is -0.571. The second-order valence-corrected chi connectivity index (χ2v) is 5.87. The third-order valence-electron chi connectivity index (χ3n) is 3.66. The van der Waals surface area contributed by atoms with E-state index < -0.39 is 11.8 Å². The average molecular weight is 344 g/mol.